The van der Waals surface area contributed by atoms with Crippen molar-refractivity contribution in [3.8, 4) is 0 Å². The van der Waals surface area contributed by atoms with E-state index in [1.807, 2.05) is 0 Å². The summed E-state index contributed by atoms with van der Waals surface area (Å²) in [5.41, 5.74) is 0. The maximum absolute atomic E-state index is 11.1. The highest BCUT2D eigenvalue weighted by Gasteiger charge is 2.26. The van der Waals surface area contributed by atoms with Gasteiger partial charge < -0.3 is 0 Å². The first-order valence-corrected chi connectivity index (χ1v) is 4.91. The standard InChI is InChI=1S/C10H19NO/c1-4-10(8(2)3)11-6-5-9(12)7-11/h8,10H,4-7H2,1-3H3. The number of hydrogen-bond donors (Lipinski definition) is 0. The van der Waals surface area contributed by atoms with Gasteiger partial charge in [-0.25, -0.2) is 0 Å². The predicted molar refractivity (Wildman–Crippen MR) is 50.1 cm³/mol. The Hall–Kier alpha value is -0.370. The summed E-state index contributed by atoms with van der Waals surface area (Å²) in [4.78, 5) is 13.4. The van der Waals surface area contributed by atoms with E-state index in [4.69, 9.17) is 0 Å². The zero-order valence-corrected chi connectivity index (χ0v) is 8.34. The van der Waals surface area contributed by atoms with Crippen molar-refractivity contribution >= 4 is 5.78 Å². The molecule has 0 amide bonds. The van der Waals surface area contributed by atoms with Crippen LogP contribution in [0, 0.1) is 5.92 Å². The average molecular weight is 169 g/mol. The fraction of sp³-hybridized carbons (Fsp3) is 0.900. The number of rotatable bonds is 3. The van der Waals surface area contributed by atoms with Crippen molar-refractivity contribution in [3.63, 3.8) is 0 Å². The summed E-state index contributed by atoms with van der Waals surface area (Å²) in [7, 11) is 0. The first-order valence-electron chi connectivity index (χ1n) is 4.91. The molecule has 70 valence electrons. The smallest absolute Gasteiger partial charge is 0.148 e. The van der Waals surface area contributed by atoms with Gasteiger partial charge in [-0.3, -0.25) is 9.69 Å². The van der Waals surface area contributed by atoms with Crippen LogP contribution in [0.2, 0.25) is 0 Å². The third kappa shape index (κ3) is 2.07. The summed E-state index contributed by atoms with van der Waals surface area (Å²) < 4.78 is 0. The molecule has 0 aromatic carbocycles. The zero-order valence-electron chi connectivity index (χ0n) is 8.34. The summed E-state index contributed by atoms with van der Waals surface area (Å²) in [6.45, 7) is 8.34. The summed E-state index contributed by atoms with van der Waals surface area (Å²) in [5, 5.41) is 0. The van der Waals surface area contributed by atoms with Gasteiger partial charge >= 0.3 is 0 Å². The minimum atomic E-state index is 0.411. The van der Waals surface area contributed by atoms with Crippen LogP contribution in [0.5, 0.6) is 0 Å². The van der Waals surface area contributed by atoms with Crippen molar-refractivity contribution in [3.05, 3.63) is 0 Å². The highest BCUT2D eigenvalue weighted by Crippen LogP contribution is 2.18. The number of carbonyl (C=O) groups excluding carboxylic acids is 1. The molecular formula is C10H19NO. The topological polar surface area (TPSA) is 20.3 Å². The fourth-order valence-corrected chi connectivity index (χ4v) is 2.09. The number of ketones is 1. The van der Waals surface area contributed by atoms with E-state index in [1.54, 1.807) is 0 Å². The summed E-state index contributed by atoms with van der Waals surface area (Å²) in [6.07, 6.45) is 1.92. The van der Waals surface area contributed by atoms with Gasteiger partial charge in [0.1, 0.15) is 5.78 Å². The number of carbonyl (C=O) groups is 1. The highest BCUT2D eigenvalue weighted by molar-refractivity contribution is 5.82. The second-order valence-electron chi connectivity index (χ2n) is 3.98. The van der Waals surface area contributed by atoms with E-state index < -0.39 is 0 Å². The molecule has 12 heavy (non-hydrogen) atoms. The summed E-state index contributed by atoms with van der Waals surface area (Å²) >= 11 is 0. The maximum atomic E-state index is 11.1. The third-order valence-electron chi connectivity index (χ3n) is 2.71. The van der Waals surface area contributed by atoms with Crippen molar-refractivity contribution in [1.82, 2.24) is 4.90 Å². The zero-order chi connectivity index (χ0) is 9.14. The Morgan fingerprint density at radius 2 is 2.17 bits per heavy atom. The third-order valence-corrected chi connectivity index (χ3v) is 2.71. The van der Waals surface area contributed by atoms with E-state index in [9.17, 15) is 4.79 Å². The van der Waals surface area contributed by atoms with Crippen molar-refractivity contribution in [1.29, 1.82) is 0 Å². The first kappa shape index (κ1) is 9.72. The van der Waals surface area contributed by atoms with Gasteiger partial charge in [-0.15, -0.1) is 0 Å². The molecule has 0 spiro atoms. The van der Waals surface area contributed by atoms with Gasteiger partial charge in [0.25, 0.3) is 0 Å². The van der Waals surface area contributed by atoms with Gasteiger partial charge in [0, 0.05) is 19.0 Å². The largest absolute Gasteiger partial charge is 0.298 e. The molecule has 1 atom stereocenters. The lowest BCUT2D eigenvalue weighted by atomic mass is 10.0. The van der Waals surface area contributed by atoms with Crippen molar-refractivity contribution in [2.75, 3.05) is 13.1 Å². The summed E-state index contributed by atoms with van der Waals surface area (Å²) in [6, 6.07) is 0.608. The van der Waals surface area contributed by atoms with Gasteiger partial charge in [0.15, 0.2) is 0 Å². The van der Waals surface area contributed by atoms with E-state index in [0.29, 0.717) is 24.3 Å². The summed E-state index contributed by atoms with van der Waals surface area (Å²) in [5.74, 6) is 1.08. The predicted octanol–water partition coefficient (Wildman–Crippen LogP) is 1.70. The molecule has 2 nitrogen and oxygen atoms in total. The lowest BCUT2D eigenvalue weighted by Crippen LogP contribution is -2.36. The molecule has 1 unspecified atom stereocenters. The molecule has 1 aliphatic rings. The number of Topliss-reactive ketones (excluding diaryl/α,β-unsaturated/α-hetero) is 1. The Labute approximate surface area is 74.9 Å². The Bertz CT molecular complexity index is 165. The van der Waals surface area contributed by atoms with Crippen molar-refractivity contribution < 1.29 is 4.79 Å². The number of nitrogens with zero attached hydrogens (tertiary/aromatic N) is 1. The number of likely N-dealkylation sites (tertiary alicyclic amines) is 1. The van der Waals surface area contributed by atoms with Crippen LogP contribution in [0.1, 0.15) is 33.6 Å². The Morgan fingerprint density at radius 3 is 2.50 bits per heavy atom. The minimum Gasteiger partial charge on any atom is -0.298 e. The van der Waals surface area contributed by atoms with E-state index in [0.717, 1.165) is 19.4 Å². The molecule has 0 aromatic heterocycles. The Kier molecular flexibility index (Phi) is 3.27. The lowest BCUT2D eigenvalue weighted by molar-refractivity contribution is -0.117. The Morgan fingerprint density at radius 1 is 1.50 bits per heavy atom. The molecule has 1 heterocycles. The Balaban J connectivity index is 2.49. The fourth-order valence-electron chi connectivity index (χ4n) is 2.09. The minimum absolute atomic E-state index is 0.411. The SMILES string of the molecule is CCC(C(C)C)N1CCC(=O)C1. The second kappa shape index (κ2) is 4.04. The quantitative estimate of drug-likeness (QED) is 0.641. The molecule has 1 aliphatic heterocycles. The highest BCUT2D eigenvalue weighted by atomic mass is 16.1. The van der Waals surface area contributed by atoms with Crippen LogP contribution in [0.15, 0.2) is 0 Å². The molecule has 0 N–H and O–H groups in total. The van der Waals surface area contributed by atoms with Gasteiger partial charge in [0.2, 0.25) is 0 Å². The molecule has 0 aromatic rings. The van der Waals surface area contributed by atoms with Crippen LogP contribution in [0.25, 0.3) is 0 Å². The van der Waals surface area contributed by atoms with E-state index in [1.165, 1.54) is 0 Å². The average Bonchev–Trinajstić information content (AvgIpc) is 2.37. The molecule has 1 saturated heterocycles. The second-order valence-corrected chi connectivity index (χ2v) is 3.98. The van der Waals surface area contributed by atoms with Crippen LogP contribution in [0.4, 0.5) is 0 Å². The van der Waals surface area contributed by atoms with Gasteiger partial charge in [-0.05, 0) is 12.3 Å². The molecule has 0 radical (unpaired) electrons. The normalized spacial score (nSPS) is 22.2. The van der Waals surface area contributed by atoms with Gasteiger partial charge in [0.05, 0.1) is 6.54 Å². The van der Waals surface area contributed by atoms with E-state index >= 15 is 0 Å². The first-order chi connectivity index (χ1) is 5.65. The van der Waals surface area contributed by atoms with Crippen molar-refractivity contribution in [2.45, 2.75) is 39.7 Å². The van der Waals surface area contributed by atoms with Crippen LogP contribution < -0.4 is 0 Å². The van der Waals surface area contributed by atoms with Crippen LogP contribution >= 0.6 is 0 Å². The van der Waals surface area contributed by atoms with Crippen LogP contribution in [0.3, 0.4) is 0 Å². The molecule has 0 saturated carbocycles. The van der Waals surface area contributed by atoms with Crippen LogP contribution in [-0.2, 0) is 4.79 Å². The van der Waals surface area contributed by atoms with E-state index in [-0.39, 0.29) is 0 Å². The van der Waals surface area contributed by atoms with Crippen LogP contribution in [-0.4, -0.2) is 29.8 Å². The molecule has 2 heteroatoms. The molecule has 0 aliphatic carbocycles. The maximum Gasteiger partial charge on any atom is 0.148 e. The van der Waals surface area contributed by atoms with Crippen molar-refractivity contribution in [2.24, 2.45) is 5.92 Å². The van der Waals surface area contributed by atoms with Gasteiger partial charge in [-0.1, -0.05) is 20.8 Å². The lowest BCUT2D eigenvalue weighted by Gasteiger charge is -2.28. The molecular weight excluding hydrogens is 150 g/mol. The molecule has 0 bridgehead atoms. The molecule has 1 fully saturated rings. The monoisotopic (exact) mass is 169 g/mol. The molecule has 1 rings (SSSR count). The number of hydrogen-bond acceptors (Lipinski definition) is 2. The van der Waals surface area contributed by atoms with E-state index in [2.05, 4.69) is 25.7 Å². The van der Waals surface area contributed by atoms with Gasteiger partial charge in [-0.2, -0.15) is 0 Å².